The fourth-order valence-electron chi connectivity index (χ4n) is 5.07. The molecule has 40 heavy (non-hydrogen) atoms. The number of para-hydroxylation sites is 1. The molecule has 0 bridgehead atoms. The number of carbonyl (C=O) groups is 2. The lowest BCUT2D eigenvalue weighted by molar-refractivity contribution is -0.142. The van der Waals surface area contributed by atoms with Gasteiger partial charge in [-0.15, -0.1) is 0 Å². The summed E-state index contributed by atoms with van der Waals surface area (Å²) in [5.41, 5.74) is 1.31. The molecular weight excluding hydrogens is 511 g/mol. The maximum absolute atomic E-state index is 13.8. The molecule has 2 amide bonds. The molecule has 7 nitrogen and oxygen atoms in total. The van der Waals surface area contributed by atoms with Gasteiger partial charge in [0.1, 0.15) is 11.4 Å². The second kappa shape index (κ2) is 14.7. The minimum Gasteiger partial charge on any atom is -0.464 e. The van der Waals surface area contributed by atoms with Crippen molar-refractivity contribution in [2.75, 3.05) is 19.7 Å². The van der Waals surface area contributed by atoms with Gasteiger partial charge in [0, 0.05) is 26.1 Å². The summed E-state index contributed by atoms with van der Waals surface area (Å²) in [6, 6.07) is 12.9. The lowest BCUT2D eigenvalue weighted by Gasteiger charge is -2.29. The highest BCUT2D eigenvalue weighted by Gasteiger charge is 2.27. The average molecular weight is 551 g/mol. The number of amides is 2. The summed E-state index contributed by atoms with van der Waals surface area (Å²) in [5, 5.41) is 0.437. The lowest BCUT2D eigenvalue weighted by atomic mass is 10.1. The second-order valence-corrected chi connectivity index (χ2v) is 10.5. The minimum atomic E-state index is -0.371. The van der Waals surface area contributed by atoms with Gasteiger partial charge in [0.05, 0.1) is 36.4 Å². The standard InChI is InChI=1S/C32H39FN2O5/c1-2-3-4-5-6-13-30(36)35(21-27-10-9-18-39-27)22-31(37)34(19-24-14-16-26(33)17-15-24)20-25-23-40-29-12-8-7-11-28(29)32(25)38/h7-8,11-12,14-17,23,27H,2-6,9-10,13,18-22H2,1H3. The zero-order valence-corrected chi connectivity index (χ0v) is 23.3. The van der Waals surface area contributed by atoms with E-state index in [0.29, 0.717) is 41.7 Å². The average Bonchev–Trinajstić information content (AvgIpc) is 3.48. The van der Waals surface area contributed by atoms with Gasteiger partial charge in [-0.3, -0.25) is 14.4 Å². The Hall–Kier alpha value is -3.52. The quantitative estimate of drug-likeness (QED) is 0.236. The van der Waals surface area contributed by atoms with Crippen LogP contribution in [0.1, 0.15) is 69.4 Å². The topological polar surface area (TPSA) is 80.1 Å². The van der Waals surface area contributed by atoms with E-state index in [1.807, 2.05) is 0 Å². The molecule has 214 valence electrons. The van der Waals surface area contributed by atoms with Crippen molar-refractivity contribution < 1.29 is 23.1 Å². The first-order valence-electron chi connectivity index (χ1n) is 14.4. The Kier molecular flexibility index (Phi) is 10.9. The number of nitrogens with zero attached hydrogens (tertiary/aromatic N) is 2. The Morgan fingerprint density at radius 2 is 1.73 bits per heavy atom. The van der Waals surface area contributed by atoms with Gasteiger partial charge >= 0.3 is 0 Å². The van der Waals surface area contributed by atoms with E-state index >= 15 is 0 Å². The predicted molar refractivity (Wildman–Crippen MR) is 152 cm³/mol. The number of ether oxygens (including phenoxy) is 1. The Balaban J connectivity index is 1.53. The third-order valence-corrected chi connectivity index (χ3v) is 7.37. The van der Waals surface area contributed by atoms with Crippen LogP contribution in [-0.2, 0) is 27.4 Å². The van der Waals surface area contributed by atoms with Crippen molar-refractivity contribution in [3.8, 4) is 0 Å². The second-order valence-electron chi connectivity index (χ2n) is 10.5. The van der Waals surface area contributed by atoms with Crippen LogP contribution in [0.5, 0.6) is 0 Å². The zero-order valence-electron chi connectivity index (χ0n) is 23.3. The van der Waals surface area contributed by atoms with Crippen molar-refractivity contribution in [3.05, 3.63) is 82.0 Å². The fourth-order valence-corrected chi connectivity index (χ4v) is 5.07. The van der Waals surface area contributed by atoms with E-state index in [9.17, 15) is 18.8 Å². The van der Waals surface area contributed by atoms with Gasteiger partial charge in [0.15, 0.2) is 5.43 Å². The normalized spacial score (nSPS) is 14.9. The summed E-state index contributed by atoms with van der Waals surface area (Å²) in [6.07, 6.45) is 8.61. The van der Waals surface area contributed by atoms with Crippen LogP contribution in [0.3, 0.4) is 0 Å². The van der Waals surface area contributed by atoms with Gasteiger partial charge < -0.3 is 19.0 Å². The smallest absolute Gasteiger partial charge is 0.242 e. The molecule has 1 atom stereocenters. The Morgan fingerprint density at radius 1 is 0.950 bits per heavy atom. The molecule has 2 aromatic carbocycles. The molecule has 2 heterocycles. The van der Waals surface area contributed by atoms with Crippen molar-refractivity contribution in [3.63, 3.8) is 0 Å². The molecule has 4 rings (SSSR count). The summed E-state index contributed by atoms with van der Waals surface area (Å²) in [6.45, 7) is 3.22. The van der Waals surface area contributed by atoms with Crippen molar-refractivity contribution in [2.45, 2.75) is 77.5 Å². The third-order valence-electron chi connectivity index (χ3n) is 7.37. The van der Waals surface area contributed by atoms with Crippen LogP contribution in [0.15, 0.2) is 64.0 Å². The van der Waals surface area contributed by atoms with E-state index in [1.54, 1.807) is 41.3 Å². The predicted octanol–water partition coefficient (Wildman–Crippen LogP) is 5.83. The Bertz CT molecular complexity index is 1320. The van der Waals surface area contributed by atoms with E-state index in [1.165, 1.54) is 23.3 Å². The number of hydrogen-bond acceptors (Lipinski definition) is 5. The fraction of sp³-hybridized carbons (Fsp3) is 0.469. The van der Waals surface area contributed by atoms with Crippen LogP contribution >= 0.6 is 0 Å². The van der Waals surface area contributed by atoms with Gasteiger partial charge in [0.2, 0.25) is 11.8 Å². The molecule has 0 saturated carbocycles. The van der Waals surface area contributed by atoms with Crippen molar-refractivity contribution in [1.82, 2.24) is 9.80 Å². The molecule has 1 aromatic heterocycles. The minimum absolute atomic E-state index is 0.00234. The lowest BCUT2D eigenvalue weighted by Crippen LogP contribution is -2.45. The summed E-state index contributed by atoms with van der Waals surface area (Å²) in [5.74, 6) is -0.731. The van der Waals surface area contributed by atoms with Crippen molar-refractivity contribution in [1.29, 1.82) is 0 Å². The molecule has 1 unspecified atom stereocenters. The maximum atomic E-state index is 13.8. The summed E-state index contributed by atoms with van der Waals surface area (Å²) in [4.78, 5) is 43.4. The van der Waals surface area contributed by atoms with Gasteiger partial charge in [-0.25, -0.2) is 4.39 Å². The number of rotatable bonds is 14. The van der Waals surface area contributed by atoms with E-state index < -0.39 is 0 Å². The first-order chi connectivity index (χ1) is 19.4. The maximum Gasteiger partial charge on any atom is 0.242 e. The number of fused-ring (bicyclic) bond motifs is 1. The van der Waals surface area contributed by atoms with Gasteiger partial charge in [-0.2, -0.15) is 0 Å². The molecule has 0 radical (unpaired) electrons. The third kappa shape index (κ3) is 8.24. The van der Waals surface area contributed by atoms with Crippen LogP contribution in [0.25, 0.3) is 11.0 Å². The molecule has 1 fully saturated rings. The van der Waals surface area contributed by atoms with Crippen LogP contribution in [-0.4, -0.2) is 47.4 Å². The van der Waals surface area contributed by atoms with Crippen LogP contribution < -0.4 is 5.43 Å². The molecule has 8 heteroatoms. The SMILES string of the molecule is CCCCCCCC(=O)N(CC(=O)N(Cc1ccc(F)cc1)Cc1coc2ccccc2c1=O)CC1CCCO1. The highest BCUT2D eigenvalue weighted by Crippen LogP contribution is 2.18. The van der Waals surface area contributed by atoms with Gasteiger partial charge in [-0.1, -0.05) is 56.9 Å². The molecule has 0 spiro atoms. The van der Waals surface area contributed by atoms with Crippen LogP contribution in [0, 0.1) is 5.82 Å². The van der Waals surface area contributed by atoms with Crippen molar-refractivity contribution >= 4 is 22.8 Å². The number of unbranched alkanes of at least 4 members (excludes halogenated alkanes) is 4. The van der Waals surface area contributed by atoms with Crippen LogP contribution in [0.2, 0.25) is 0 Å². The van der Waals surface area contributed by atoms with E-state index in [-0.39, 0.29) is 48.8 Å². The molecule has 0 aliphatic carbocycles. The molecule has 1 aliphatic rings. The summed E-state index contributed by atoms with van der Waals surface area (Å²) < 4.78 is 25.0. The van der Waals surface area contributed by atoms with Gasteiger partial charge in [0.25, 0.3) is 0 Å². The molecular formula is C32H39FN2O5. The summed E-state index contributed by atoms with van der Waals surface area (Å²) >= 11 is 0. The number of halogens is 1. The van der Waals surface area contributed by atoms with E-state index in [4.69, 9.17) is 9.15 Å². The molecule has 3 aromatic rings. The number of carbonyl (C=O) groups excluding carboxylic acids is 2. The largest absolute Gasteiger partial charge is 0.464 e. The van der Waals surface area contributed by atoms with Crippen molar-refractivity contribution in [2.24, 2.45) is 0 Å². The molecule has 1 saturated heterocycles. The van der Waals surface area contributed by atoms with E-state index in [0.717, 1.165) is 44.9 Å². The zero-order chi connectivity index (χ0) is 28.3. The monoisotopic (exact) mass is 550 g/mol. The summed E-state index contributed by atoms with van der Waals surface area (Å²) in [7, 11) is 0. The highest BCUT2D eigenvalue weighted by molar-refractivity contribution is 5.85. The van der Waals surface area contributed by atoms with Crippen LogP contribution in [0.4, 0.5) is 4.39 Å². The Morgan fingerprint density at radius 3 is 2.48 bits per heavy atom. The number of benzene rings is 2. The number of hydrogen-bond donors (Lipinski definition) is 0. The highest BCUT2D eigenvalue weighted by atomic mass is 19.1. The Labute approximate surface area is 234 Å². The molecule has 0 N–H and O–H groups in total. The molecule has 1 aliphatic heterocycles. The van der Waals surface area contributed by atoms with E-state index in [2.05, 4.69) is 6.92 Å². The first-order valence-corrected chi connectivity index (χ1v) is 14.4. The van der Waals surface area contributed by atoms with Gasteiger partial charge in [-0.05, 0) is 49.1 Å². The first kappa shape index (κ1) is 29.5.